The molecule has 3 aromatic carbocycles. The summed E-state index contributed by atoms with van der Waals surface area (Å²) < 4.78 is 46.3. The number of hydrogen-bond acceptors (Lipinski definition) is 3. The van der Waals surface area contributed by atoms with Crippen molar-refractivity contribution in [2.24, 2.45) is 0 Å². The Morgan fingerprint density at radius 1 is 0.933 bits per heavy atom. The molecule has 0 fully saturated rings. The summed E-state index contributed by atoms with van der Waals surface area (Å²) in [6.07, 6.45) is -4.35. The number of methoxy groups -OCH3 is 1. The molecular formula is C23H22F3NO3. The fourth-order valence-electron chi connectivity index (χ4n) is 3.09. The van der Waals surface area contributed by atoms with Crippen LogP contribution in [0, 0.1) is 0 Å². The van der Waals surface area contributed by atoms with Crippen LogP contribution in [0.3, 0.4) is 0 Å². The number of hydrogen-bond donors (Lipinski definition) is 0. The average molecular weight is 417 g/mol. The minimum absolute atomic E-state index is 0.161. The number of halogens is 3. The molecule has 0 aliphatic heterocycles. The SMILES string of the molecule is COc1ccc2cc(CN(C)C(=O)c3ccc(COCC(F)(F)F)cc3)ccc2c1. The van der Waals surface area contributed by atoms with Crippen molar-refractivity contribution < 1.29 is 27.4 Å². The molecule has 7 heteroatoms. The number of amides is 1. The first-order valence-electron chi connectivity index (χ1n) is 9.31. The van der Waals surface area contributed by atoms with Gasteiger partial charge in [-0.3, -0.25) is 4.79 Å². The normalized spacial score (nSPS) is 11.5. The third-order valence-electron chi connectivity index (χ3n) is 4.61. The molecule has 0 atom stereocenters. The van der Waals surface area contributed by atoms with Gasteiger partial charge in [0, 0.05) is 19.2 Å². The van der Waals surface area contributed by atoms with Crippen molar-refractivity contribution in [1.82, 2.24) is 4.90 Å². The third-order valence-corrected chi connectivity index (χ3v) is 4.61. The van der Waals surface area contributed by atoms with Gasteiger partial charge in [-0.2, -0.15) is 13.2 Å². The molecule has 3 aromatic rings. The van der Waals surface area contributed by atoms with Crippen molar-refractivity contribution in [3.63, 3.8) is 0 Å². The number of carbonyl (C=O) groups excluding carboxylic acids is 1. The molecule has 4 nitrogen and oxygen atoms in total. The van der Waals surface area contributed by atoms with Gasteiger partial charge in [0.2, 0.25) is 0 Å². The quantitative estimate of drug-likeness (QED) is 0.531. The zero-order valence-electron chi connectivity index (χ0n) is 16.7. The first-order valence-corrected chi connectivity index (χ1v) is 9.31. The summed E-state index contributed by atoms with van der Waals surface area (Å²) in [6.45, 7) is -1.03. The lowest BCUT2D eigenvalue weighted by Crippen LogP contribution is -2.26. The molecule has 0 bridgehead atoms. The molecule has 0 N–H and O–H groups in total. The van der Waals surface area contributed by atoms with Crippen molar-refractivity contribution in [3.8, 4) is 5.75 Å². The predicted octanol–water partition coefficient (Wildman–Crippen LogP) is 5.20. The Kier molecular flexibility index (Phi) is 6.62. The van der Waals surface area contributed by atoms with Gasteiger partial charge in [-0.05, 0) is 52.2 Å². The number of ether oxygens (including phenoxy) is 2. The summed E-state index contributed by atoms with van der Waals surface area (Å²) in [4.78, 5) is 14.3. The zero-order chi connectivity index (χ0) is 21.7. The largest absolute Gasteiger partial charge is 0.497 e. The second kappa shape index (κ2) is 9.17. The van der Waals surface area contributed by atoms with Gasteiger partial charge in [0.25, 0.3) is 5.91 Å². The van der Waals surface area contributed by atoms with Crippen LogP contribution in [0.4, 0.5) is 13.2 Å². The third kappa shape index (κ3) is 5.73. The van der Waals surface area contributed by atoms with E-state index in [2.05, 4.69) is 4.74 Å². The minimum atomic E-state index is -4.35. The van der Waals surface area contributed by atoms with Gasteiger partial charge in [0.1, 0.15) is 12.4 Å². The highest BCUT2D eigenvalue weighted by molar-refractivity contribution is 5.94. The van der Waals surface area contributed by atoms with Crippen LogP contribution in [0.5, 0.6) is 5.75 Å². The molecule has 0 radical (unpaired) electrons. The van der Waals surface area contributed by atoms with E-state index in [4.69, 9.17) is 4.74 Å². The smallest absolute Gasteiger partial charge is 0.411 e. The molecule has 0 aromatic heterocycles. The van der Waals surface area contributed by atoms with Crippen LogP contribution < -0.4 is 4.74 Å². The van der Waals surface area contributed by atoms with Crippen molar-refractivity contribution in [1.29, 1.82) is 0 Å². The highest BCUT2D eigenvalue weighted by atomic mass is 19.4. The van der Waals surface area contributed by atoms with Gasteiger partial charge in [-0.25, -0.2) is 0 Å². The first-order chi connectivity index (χ1) is 14.2. The second-order valence-corrected chi connectivity index (χ2v) is 7.01. The lowest BCUT2D eigenvalue weighted by Gasteiger charge is -2.18. The molecule has 158 valence electrons. The Balaban J connectivity index is 1.62. The Morgan fingerprint density at radius 2 is 1.57 bits per heavy atom. The molecule has 1 amide bonds. The van der Waals surface area contributed by atoms with E-state index in [0.29, 0.717) is 17.7 Å². The van der Waals surface area contributed by atoms with Gasteiger partial charge in [0.15, 0.2) is 0 Å². The maximum Gasteiger partial charge on any atom is 0.411 e. The molecule has 0 saturated carbocycles. The summed E-state index contributed by atoms with van der Waals surface area (Å²) in [6, 6.07) is 18.2. The van der Waals surface area contributed by atoms with E-state index < -0.39 is 12.8 Å². The summed E-state index contributed by atoms with van der Waals surface area (Å²) in [5, 5.41) is 2.10. The zero-order valence-corrected chi connectivity index (χ0v) is 16.7. The van der Waals surface area contributed by atoms with E-state index in [1.54, 1.807) is 43.3 Å². The van der Waals surface area contributed by atoms with Crippen LogP contribution in [0.15, 0.2) is 60.7 Å². The second-order valence-electron chi connectivity index (χ2n) is 7.01. The van der Waals surface area contributed by atoms with Gasteiger partial charge in [0.05, 0.1) is 13.7 Å². The fourth-order valence-corrected chi connectivity index (χ4v) is 3.09. The highest BCUT2D eigenvalue weighted by Gasteiger charge is 2.27. The topological polar surface area (TPSA) is 38.8 Å². The van der Waals surface area contributed by atoms with Gasteiger partial charge in [-0.1, -0.05) is 30.3 Å². The predicted molar refractivity (Wildman–Crippen MR) is 108 cm³/mol. The van der Waals surface area contributed by atoms with Crippen LogP contribution >= 0.6 is 0 Å². The van der Waals surface area contributed by atoms with Gasteiger partial charge >= 0.3 is 6.18 Å². The molecular weight excluding hydrogens is 395 g/mol. The van der Waals surface area contributed by atoms with Crippen molar-refractivity contribution >= 4 is 16.7 Å². The highest BCUT2D eigenvalue weighted by Crippen LogP contribution is 2.23. The van der Waals surface area contributed by atoms with Gasteiger partial charge in [-0.15, -0.1) is 0 Å². The van der Waals surface area contributed by atoms with Gasteiger partial charge < -0.3 is 14.4 Å². The maximum absolute atomic E-state index is 12.7. The number of carbonyl (C=O) groups is 1. The molecule has 30 heavy (non-hydrogen) atoms. The Hall–Kier alpha value is -3.06. The van der Waals surface area contributed by atoms with E-state index in [9.17, 15) is 18.0 Å². The van der Waals surface area contributed by atoms with E-state index in [0.717, 1.165) is 22.1 Å². The molecule has 0 aliphatic carbocycles. The molecule has 0 saturated heterocycles. The maximum atomic E-state index is 12.7. The summed E-state index contributed by atoms with van der Waals surface area (Å²) in [5.41, 5.74) is 2.02. The first kappa shape index (κ1) is 21.6. The Labute approximate surface area is 172 Å². The fraction of sp³-hybridized carbons (Fsp3) is 0.261. The molecule has 0 aliphatic rings. The summed E-state index contributed by atoms with van der Waals surface area (Å²) in [7, 11) is 3.33. The summed E-state index contributed by atoms with van der Waals surface area (Å²) >= 11 is 0. The molecule has 0 spiro atoms. The Morgan fingerprint density at radius 3 is 2.23 bits per heavy atom. The monoisotopic (exact) mass is 417 g/mol. The molecule has 3 rings (SSSR count). The molecule has 0 unspecified atom stereocenters. The van der Waals surface area contributed by atoms with Crippen molar-refractivity contribution in [3.05, 3.63) is 77.4 Å². The van der Waals surface area contributed by atoms with Crippen molar-refractivity contribution in [2.45, 2.75) is 19.3 Å². The van der Waals surface area contributed by atoms with Crippen LogP contribution in [0.25, 0.3) is 10.8 Å². The summed E-state index contributed by atoms with van der Waals surface area (Å²) in [5.74, 6) is 0.613. The van der Waals surface area contributed by atoms with Crippen molar-refractivity contribution in [2.75, 3.05) is 20.8 Å². The van der Waals surface area contributed by atoms with Crippen LogP contribution in [0.2, 0.25) is 0 Å². The van der Waals surface area contributed by atoms with E-state index in [1.165, 1.54) is 0 Å². The van der Waals surface area contributed by atoms with E-state index in [-0.39, 0.29) is 12.5 Å². The Bertz CT molecular complexity index is 1020. The van der Waals surface area contributed by atoms with Crippen LogP contribution in [-0.4, -0.2) is 37.7 Å². The van der Waals surface area contributed by atoms with Crippen LogP contribution in [0.1, 0.15) is 21.5 Å². The van der Waals surface area contributed by atoms with Crippen LogP contribution in [-0.2, 0) is 17.9 Å². The number of alkyl halides is 3. The number of fused-ring (bicyclic) bond motifs is 1. The average Bonchev–Trinajstić information content (AvgIpc) is 2.72. The number of benzene rings is 3. The van der Waals surface area contributed by atoms with E-state index in [1.807, 2.05) is 36.4 Å². The van der Waals surface area contributed by atoms with E-state index >= 15 is 0 Å². The lowest BCUT2D eigenvalue weighted by molar-refractivity contribution is -0.176. The lowest BCUT2D eigenvalue weighted by atomic mass is 10.1. The molecule has 0 heterocycles. The standard InChI is InChI=1S/C23H22F3NO3/c1-27(13-17-5-8-20-12-21(29-2)10-9-19(20)11-17)22(28)18-6-3-16(4-7-18)14-30-15-23(24,25)26/h3-12H,13-15H2,1-2H3. The number of rotatable bonds is 7. The minimum Gasteiger partial charge on any atom is -0.497 e. The number of nitrogens with zero attached hydrogens (tertiary/aromatic N) is 1.